The van der Waals surface area contributed by atoms with E-state index in [2.05, 4.69) is 6.58 Å². The van der Waals surface area contributed by atoms with Gasteiger partial charge in [-0.3, -0.25) is 9.59 Å². The third-order valence-electron chi connectivity index (χ3n) is 1.99. The van der Waals surface area contributed by atoms with Crippen molar-refractivity contribution < 1.29 is 19.4 Å². The number of ether oxygens (including phenoxy) is 1. The van der Waals surface area contributed by atoms with E-state index in [1.807, 2.05) is 0 Å². The molecule has 0 aliphatic rings. The van der Waals surface area contributed by atoms with Crippen molar-refractivity contribution >= 4 is 11.9 Å². The average Bonchev–Trinajstić information content (AvgIpc) is 2.15. The van der Waals surface area contributed by atoms with Crippen molar-refractivity contribution in [1.29, 1.82) is 0 Å². The zero-order chi connectivity index (χ0) is 12.1. The zero-order valence-corrected chi connectivity index (χ0v) is 9.32. The van der Waals surface area contributed by atoms with Crippen LogP contribution in [0.1, 0.15) is 13.8 Å². The molecule has 0 aromatic carbocycles. The third-order valence-corrected chi connectivity index (χ3v) is 1.99. The van der Waals surface area contributed by atoms with E-state index < -0.39 is 11.6 Å². The first-order valence-electron chi connectivity index (χ1n) is 4.52. The Bertz CT molecular complexity index is 260. The molecule has 0 radical (unpaired) electrons. The van der Waals surface area contributed by atoms with Crippen LogP contribution >= 0.6 is 0 Å². The molecule has 0 aliphatic carbocycles. The van der Waals surface area contributed by atoms with Gasteiger partial charge in [0.1, 0.15) is 12.1 Å². The van der Waals surface area contributed by atoms with Gasteiger partial charge in [-0.15, -0.1) is 6.58 Å². The summed E-state index contributed by atoms with van der Waals surface area (Å²) in [4.78, 5) is 23.5. The van der Waals surface area contributed by atoms with E-state index in [9.17, 15) is 9.59 Å². The summed E-state index contributed by atoms with van der Waals surface area (Å²) in [6, 6.07) is 0. The van der Waals surface area contributed by atoms with E-state index >= 15 is 0 Å². The smallest absolute Gasteiger partial charge is 0.323 e. The van der Waals surface area contributed by atoms with Crippen molar-refractivity contribution in [2.45, 2.75) is 19.4 Å². The molecule has 1 amide bonds. The standard InChI is InChI=1S/C10H17NO4/c1-5-6-11(7-8(12)13)9(14)10(2,3)15-4/h5H,1,6-7H2,2-4H3,(H,12,13). The van der Waals surface area contributed by atoms with Gasteiger partial charge in [0.05, 0.1) is 0 Å². The third kappa shape index (κ3) is 4.12. The monoisotopic (exact) mass is 215 g/mol. The van der Waals surface area contributed by atoms with Gasteiger partial charge in [-0.05, 0) is 13.8 Å². The number of methoxy groups -OCH3 is 1. The molecule has 15 heavy (non-hydrogen) atoms. The highest BCUT2D eigenvalue weighted by atomic mass is 16.5. The zero-order valence-electron chi connectivity index (χ0n) is 9.32. The Kier molecular flexibility index (Phi) is 5.00. The van der Waals surface area contributed by atoms with Crippen molar-refractivity contribution in [2.75, 3.05) is 20.2 Å². The van der Waals surface area contributed by atoms with E-state index in [1.54, 1.807) is 13.8 Å². The predicted molar refractivity (Wildman–Crippen MR) is 55.5 cm³/mol. The lowest BCUT2D eigenvalue weighted by molar-refractivity contribution is -0.155. The van der Waals surface area contributed by atoms with Crippen LogP contribution in [0.4, 0.5) is 0 Å². The first kappa shape index (κ1) is 13.6. The second-order valence-electron chi connectivity index (χ2n) is 3.58. The minimum absolute atomic E-state index is 0.192. The average molecular weight is 215 g/mol. The summed E-state index contributed by atoms with van der Waals surface area (Å²) in [6.07, 6.45) is 1.48. The number of aliphatic carboxylic acids is 1. The van der Waals surface area contributed by atoms with E-state index in [0.29, 0.717) is 0 Å². The highest BCUT2D eigenvalue weighted by molar-refractivity contribution is 5.87. The minimum atomic E-state index is -1.06. The van der Waals surface area contributed by atoms with Gasteiger partial charge in [0.15, 0.2) is 0 Å². The summed E-state index contributed by atoms with van der Waals surface area (Å²) in [6.45, 7) is 6.49. The van der Waals surface area contributed by atoms with Crippen LogP contribution in [-0.4, -0.2) is 47.7 Å². The minimum Gasteiger partial charge on any atom is -0.480 e. The molecule has 0 aliphatic heterocycles. The highest BCUT2D eigenvalue weighted by Crippen LogP contribution is 2.12. The molecule has 0 rings (SSSR count). The van der Waals surface area contributed by atoms with Crippen molar-refractivity contribution in [1.82, 2.24) is 4.90 Å². The van der Waals surface area contributed by atoms with Gasteiger partial charge >= 0.3 is 5.97 Å². The highest BCUT2D eigenvalue weighted by Gasteiger charge is 2.32. The van der Waals surface area contributed by atoms with Gasteiger partial charge in [-0.25, -0.2) is 0 Å². The normalized spacial score (nSPS) is 10.9. The molecule has 86 valence electrons. The van der Waals surface area contributed by atoms with Crippen LogP contribution in [-0.2, 0) is 14.3 Å². The Morgan fingerprint density at radius 3 is 2.40 bits per heavy atom. The Morgan fingerprint density at radius 1 is 1.53 bits per heavy atom. The van der Waals surface area contributed by atoms with Crippen LogP contribution in [0.3, 0.4) is 0 Å². The first-order valence-corrected chi connectivity index (χ1v) is 4.52. The second-order valence-corrected chi connectivity index (χ2v) is 3.58. The molecule has 0 aromatic rings. The van der Waals surface area contributed by atoms with Crippen molar-refractivity contribution in [3.05, 3.63) is 12.7 Å². The number of carbonyl (C=O) groups excluding carboxylic acids is 1. The molecule has 0 aromatic heterocycles. The van der Waals surface area contributed by atoms with Gasteiger partial charge in [0.25, 0.3) is 5.91 Å². The fourth-order valence-electron chi connectivity index (χ4n) is 1.01. The van der Waals surface area contributed by atoms with E-state index in [0.717, 1.165) is 0 Å². The topological polar surface area (TPSA) is 66.8 Å². The number of rotatable bonds is 6. The molecular weight excluding hydrogens is 198 g/mol. The molecule has 0 atom stereocenters. The molecule has 0 saturated carbocycles. The number of carboxylic acid groups (broad SMARTS) is 1. The number of hydrogen-bond acceptors (Lipinski definition) is 3. The molecule has 1 N–H and O–H groups in total. The van der Waals surface area contributed by atoms with Crippen LogP contribution in [0.25, 0.3) is 0 Å². The molecule has 0 spiro atoms. The number of carboxylic acids is 1. The van der Waals surface area contributed by atoms with Gasteiger partial charge in [-0.2, -0.15) is 0 Å². The van der Waals surface area contributed by atoms with Crippen molar-refractivity contribution in [3.63, 3.8) is 0 Å². The molecule has 0 fully saturated rings. The van der Waals surface area contributed by atoms with E-state index in [-0.39, 0.29) is 19.0 Å². The Hall–Kier alpha value is -1.36. The first-order chi connectivity index (χ1) is 6.85. The van der Waals surface area contributed by atoms with Crippen LogP contribution in [0, 0.1) is 0 Å². The van der Waals surface area contributed by atoms with Gasteiger partial charge in [0.2, 0.25) is 0 Å². The summed E-state index contributed by atoms with van der Waals surface area (Å²) in [5, 5.41) is 8.63. The maximum Gasteiger partial charge on any atom is 0.323 e. The summed E-state index contributed by atoms with van der Waals surface area (Å²) < 4.78 is 4.99. The maximum absolute atomic E-state index is 11.8. The molecule has 0 heterocycles. The fourth-order valence-corrected chi connectivity index (χ4v) is 1.01. The van der Waals surface area contributed by atoms with Crippen LogP contribution < -0.4 is 0 Å². The van der Waals surface area contributed by atoms with Crippen molar-refractivity contribution in [3.8, 4) is 0 Å². The van der Waals surface area contributed by atoms with Gasteiger partial charge in [0, 0.05) is 13.7 Å². The largest absolute Gasteiger partial charge is 0.480 e. The van der Waals surface area contributed by atoms with Crippen LogP contribution in [0.15, 0.2) is 12.7 Å². The number of hydrogen-bond donors (Lipinski definition) is 1. The van der Waals surface area contributed by atoms with Crippen LogP contribution in [0.2, 0.25) is 0 Å². The molecular formula is C10H17NO4. The SMILES string of the molecule is C=CCN(CC(=O)O)C(=O)C(C)(C)OC. The maximum atomic E-state index is 11.8. The summed E-state index contributed by atoms with van der Waals surface area (Å²) >= 11 is 0. The molecule has 5 heteroatoms. The summed E-state index contributed by atoms with van der Waals surface area (Å²) in [5.41, 5.74) is -1.02. The Labute approximate surface area is 89.3 Å². The van der Waals surface area contributed by atoms with Gasteiger partial charge in [-0.1, -0.05) is 6.08 Å². The predicted octanol–water partition coefficient (Wildman–Crippen LogP) is 0.511. The van der Waals surface area contributed by atoms with Gasteiger partial charge < -0.3 is 14.7 Å². The molecule has 5 nitrogen and oxygen atoms in total. The molecule has 0 unspecified atom stereocenters. The fraction of sp³-hybridized carbons (Fsp3) is 0.600. The number of carbonyl (C=O) groups is 2. The summed E-state index contributed by atoms with van der Waals surface area (Å²) in [7, 11) is 1.41. The Morgan fingerprint density at radius 2 is 2.07 bits per heavy atom. The lowest BCUT2D eigenvalue weighted by Crippen LogP contribution is -2.48. The van der Waals surface area contributed by atoms with E-state index in [1.165, 1.54) is 18.1 Å². The molecule has 0 bridgehead atoms. The van der Waals surface area contributed by atoms with E-state index in [4.69, 9.17) is 9.84 Å². The summed E-state index contributed by atoms with van der Waals surface area (Å²) in [5.74, 6) is -1.43. The second kappa shape index (κ2) is 5.50. The quantitative estimate of drug-likeness (QED) is 0.655. The van der Waals surface area contributed by atoms with Crippen molar-refractivity contribution in [2.24, 2.45) is 0 Å². The lowest BCUT2D eigenvalue weighted by atomic mass is 10.1. The Balaban J connectivity index is 4.68. The van der Waals surface area contributed by atoms with Crippen LogP contribution in [0.5, 0.6) is 0 Å². The number of nitrogens with zero attached hydrogens (tertiary/aromatic N) is 1. The lowest BCUT2D eigenvalue weighted by Gasteiger charge is -2.29. The molecule has 0 saturated heterocycles. The number of amides is 1.